The fraction of sp³-hybridized carbons (Fsp3) is 0.814. The van der Waals surface area contributed by atoms with Gasteiger partial charge >= 0.3 is 0 Å². The maximum absolute atomic E-state index is 6.56. The molecule has 0 aliphatic rings. The molecule has 2 atom stereocenters. The van der Waals surface area contributed by atoms with Gasteiger partial charge in [0, 0.05) is 25.3 Å². The first-order valence-electron chi connectivity index (χ1n) is 40.0. The number of unbranched alkanes of at least 4 members (excludes halogenated alkanes) is 36. The highest BCUT2D eigenvalue weighted by molar-refractivity contribution is 4.95. The Morgan fingerprint density at radius 2 is 0.404 bits per heavy atom. The third-order valence-electron chi connectivity index (χ3n) is 19.1. The predicted octanol–water partition coefficient (Wildman–Crippen LogP) is 28.5. The summed E-state index contributed by atoms with van der Waals surface area (Å²) < 4.78 is 6.56. The summed E-state index contributed by atoms with van der Waals surface area (Å²) in [7, 11) is 9.50. The van der Waals surface area contributed by atoms with Crippen LogP contribution in [0.5, 0.6) is 0 Å². The third-order valence-corrected chi connectivity index (χ3v) is 19.1. The van der Waals surface area contributed by atoms with Crippen LogP contribution < -0.4 is 0 Å². The van der Waals surface area contributed by atoms with Gasteiger partial charge in [0.25, 0.3) is 0 Å². The predicted molar refractivity (Wildman–Crippen MR) is 407 cm³/mol. The molecule has 0 rings (SSSR count). The second-order valence-electron chi connectivity index (χ2n) is 28.0. The first-order valence-corrected chi connectivity index (χ1v) is 40.0. The largest absolute Gasteiger partial charge is 0.381 e. The minimum absolute atomic E-state index is 0.660. The van der Waals surface area contributed by atoms with Crippen molar-refractivity contribution in [3.8, 4) is 0 Å². The molecular formula is C86H160N2O. The van der Waals surface area contributed by atoms with Gasteiger partial charge in [0.15, 0.2) is 0 Å². The number of allylic oxidation sites excluding steroid dienone is 16. The van der Waals surface area contributed by atoms with Crippen LogP contribution in [0, 0.1) is 11.8 Å². The molecule has 3 nitrogen and oxygen atoms in total. The summed E-state index contributed by atoms with van der Waals surface area (Å²) in [4.78, 5) is 5.20. The van der Waals surface area contributed by atoms with E-state index in [9.17, 15) is 0 Å². The van der Waals surface area contributed by atoms with E-state index in [0.29, 0.717) is 12.1 Å². The SMILES string of the molecule is CCCCC/C=C\C/C=C\CCCCCCCCC(CCCCCCCC/C=C\C/C=C\CCCCC)C(CCCOCCCC(C(CCCCCCCC/C=C\C/C=C\CCCCC)CCCCCCCC/C=C\C/C=C\CCCCC)N(C)C)N(C)C. The zero-order valence-electron chi connectivity index (χ0n) is 61.9. The Labute approximate surface area is 561 Å². The molecular weight excluding hydrogens is 1080 g/mol. The van der Waals surface area contributed by atoms with Crippen LogP contribution in [0.1, 0.15) is 387 Å². The van der Waals surface area contributed by atoms with Crippen molar-refractivity contribution >= 4 is 0 Å². The fourth-order valence-corrected chi connectivity index (χ4v) is 13.4. The van der Waals surface area contributed by atoms with Gasteiger partial charge in [-0.2, -0.15) is 0 Å². The van der Waals surface area contributed by atoms with Crippen molar-refractivity contribution in [2.24, 2.45) is 11.8 Å². The third kappa shape index (κ3) is 65.7. The van der Waals surface area contributed by atoms with Gasteiger partial charge in [0.2, 0.25) is 0 Å². The Morgan fingerprint density at radius 1 is 0.213 bits per heavy atom. The molecule has 0 fully saturated rings. The standard InChI is InChI=1S/C86H160N2O/c1-9-13-17-21-25-29-33-37-41-45-49-53-57-61-65-69-75-83(76-70-66-62-58-54-50-46-42-38-34-30-26-22-18-14-10-2)85(87(5)6)79-73-81-89-82-74-80-86(88(7)8)84(77-71-67-63-59-55-51-47-43-39-35-31-27-23-19-15-11-3)78-72-68-64-60-56-52-48-44-40-36-32-28-24-20-16-12-4/h25-32,37-44,83-86H,9-24,33-36,45-82H2,1-8H3/b29-25-,30-26-,31-27-,32-28-,41-37-,42-38-,43-39-,44-40-. The summed E-state index contributed by atoms with van der Waals surface area (Å²) in [5, 5.41) is 0. The van der Waals surface area contributed by atoms with E-state index in [-0.39, 0.29) is 0 Å². The number of ether oxygens (including phenoxy) is 1. The summed E-state index contributed by atoms with van der Waals surface area (Å²) in [6.45, 7) is 11.0. The Kier molecular flexibility index (Phi) is 73.0. The maximum Gasteiger partial charge on any atom is 0.0466 e. The number of nitrogens with zero attached hydrogens (tertiary/aromatic N) is 2. The van der Waals surface area contributed by atoms with E-state index in [4.69, 9.17) is 4.74 Å². The molecule has 0 spiro atoms. The quantitative estimate of drug-likeness (QED) is 0.0446. The van der Waals surface area contributed by atoms with Gasteiger partial charge in [-0.1, -0.05) is 305 Å². The lowest BCUT2D eigenvalue weighted by Gasteiger charge is -2.33. The lowest BCUT2D eigenvalue weighted by Crippen LogP contribution is -2.36. The molecule has 0 radical (unpaired) electrons. The van der Waals surface area contributed by atoms with E-state index in [0.717, 1.165) is 50.7 Å². The highest BCUT2D eigenvalue weighted by Crippen LogP contribution is 2.30. The molecule has 0 aromatic rings. The first kappa shape index (κ1) is 86.8. The Bertz CT molecular complexity index is 1380. The Hall–Kier alpha value is -2.20. The molecule has 0 N–H and O–H groups in total. The van der Waals surface area contributed by atoms with Crippen LogP contribution in [0.3, 0.4) is 0 Å². The van der Waals surface area contributed by atoms with Gasteiger partial charge in [-0.3, -0.25) is 0 Å². The topological polar surface area (TPSA) is 15.7 Å². The van der Waals surface area contributed by atoms with Gasteiger partial charge in [-0.25, -0.2) is 0 Å². The van der Waals surface area contributed by atoms with Crippen LogP contribution in [-0.4, -0.2) is 63.3 Å². The molecule has 520 valence electrons. The van der Waals surface area contributed by atoms with Gasteiger partial charge in [-0.15, -0.1) is 0 Å². The van der Waals surface area contributed by atoms with Crippen LogP contribution in [0.4, 0.5) is 0 Å². The summed E-state index contributed by atoms with van der Waals surface area (Å²) in [6, 6.07) is 1.32. The molecule has 0 saturated carbocycles. The molecule has 0 bridgehead atoms. The molecule has 3 heteroatoms. The smallest absolute Gasteiger partial charge is 0.0466 e. The molecule has 0 amide bonds. The van der Waals surface area contributed by atoms with Gasteiger partial charge in [-0.05, 0) is 220 Å². The molecule has 0 aliphatic carbocycles. The van der Waals surface area contributed by atoms with E-state index in [2.05, 4.69) is 163 Å². The summed E-state index contributed by atoms with van der Waals surface area (Å²) in [5.74, 6) is 1.60. The van der Waals surface area contributed by atoms with E-state index in [1.165, 1.54) is 334 Å². The van der Waals surface area contributed by atoms with Crippen LogP contribution in [-0.2, 0) is 4.74 Å². The van der Waals surface area contributed by atoms with Gasteiger partial charge in [0.05, 0.1) is 0 Å². The number of rotatable bonds is 72. The summed E-state index contributed by atoms with van der Waals surface area (Å²) in [6.07, 6.45) is 113. The maximum atomic E-state index is 6.56. The van der Waals surface area contributed by atoms with Crippen molar-refractivity contribution in [3.05, 3.63) is 97.2 Å². The summed E-state index contributed by atoms with van der Waals surface area (Å²) in [5.41, 5.74) is 0. The minimum atomic E-state index is 0.660. The number of hydrogen-bond acceptors (Lipinski definition) is 3. The van der Waals surface area contributed by atoms with E-state index >= 15 is 0 Å². The van der Waals surface area contributed by atoms with Crippen molar-refractivity contribution in [2.45, 2.75) is 399 Å². The monoisotopic (exact) mass is 1240 g/mol. The van der Waals surface area contributed by atoms with E-state index < -0.39 is 0 Å². The zero-order chi connectivity index (χ0) is 64.5. The molecule has 2 unspecified atom stereocenters. The first-order chi connectivity index (χ1) is 43.9. The molecule has 0 aromatic heterocycles. The fourth-order valence-electron chi connectivity index (χ4n) is 13.4. The van der Waals surface area contributed by atoms with E-state index in [1.807, 2.05) is 0 Å². The van der Waals surface area contributed by atoms with Crippen molar-refractivity contribution in [2.75, 3.05) is 41.4 Å². The van der Waals surface area contributed by atoms with Crippen LogP contribution in [0.2, 0.25) is 0 Å². The van der Waals surface area contributed by atoms with E-state index in [1.54, 1.807) is 0 Å². The lowest BCUT2D eigenvalue weighted by atomic mass is 9.85. The molecule has 89 heavy (non-hydrogen) atoms. The van der Waals surface area contributed by atoms with Crippen LogP contribution >= 0.6 is 0 Å². The second kappa shape index (κ2) is 74.8. The van der Waals surface area contributed by atoms with Crippen molar-refractivity contribution < 1.29 is 4.74 Å². The van der Waals surface area contributed by atoms with Gasteiger partial charge < -0.3 is 14.5 Å². The summed E-state index contributed by atoms with van der Waals surface area (Å²) >= 11 is 0. The van der Waals surface area contributed by atoms with Crippen molar-refractivity contribution in [1.82, 2.24) is 9.80 Å². The lowest BCUT2D eigenvalue weighted by molar-refractivity contribution is 0.0975. The van der Waals surface area contributed by atoms with Crippen molar-refractivity contribution in [3.63, 3.8) is 0 Å². The molecule has 0 aliphatic heterocycles. The number of hydrogen-bond donors (Lipinski definition) is 0. The second-order valence-corrected chi connectivity index (χ2v) is 28.0. The molecule has 0 aromatic carbocycles. The highest BCUT2D eigenvalue weighted by atomic mass is 16.5. The molecule has 0 heterocycles. The molecule has 0 saturated heterocycles. The Balaban J connectivity index is 5.24. The zero-order valence-corrected chi connectivity index (χ0v) is 61.9. The highest BCUT2D eigenvalue weighted by Gasteiger charge is 2.24. The van der Waals surface area contributed by atoms with Crippen LogP contribution in [0.15, 0.2) is 97.2 Å². The minimum Gasteiger partial charge on any atom is -0.381 e. The average Bonchev–Trinajstić information content (AvgIpc) is 3.59. The van der Waals surface area contributed by atoms with Crippen LogP contribution in [0.25, 0.3) is 0 Å². The average molecular weight is 1240 g/mol. The normalized spacial score (nSPS) is 13.5. The van der Waals surface area contributed by atoms with Gasteiger partial charge in [0.1, 0.15) is 0 Å². The Morgan fingerprint density at radius 3 is 0.607 bits per heavy atom. The van der Waals surface area contributed by atoms with Crippen molar-refractivity contribution in [1.29, 1.82) is 0 Å².